The molecule has 4 aromatic rings. The van der Waals surface area contributed by atoms with Crippen LogP contribution in [0, 0.1) is 17.6 Å². The first-order valence-electron chi connectivity index (χ1n) is 13.3. The van der Waals surface area contributed by atoms with Gasteiger partial charge in [0.1, 0.15) is 11.4 Å². The largest absolute Gasteiger partial charge is 0.379 e. The van der Waals surface area contributed by atoms with E-state index in [1.165, 1.54) is 12.1 Å². The van der Waals surface area contributed by atoms with Crippen molar-refractivity contribution in [2.75, 3.05) is 36.5 Å². The molecule has 12 heteroatoms. The molecule has 2 aromatic heterocycles. The molecule has 2 aromatic carbocycles. The van der Waals surface area contributed by atoms with Crippen molar-refractivity contribution in [2.45, 2.75) is 31.8 Å². The molecule has 0 saturated carbocycles. The molecule has 6 rings (SSSR count). The van der Waals surface area contributed by atoms with Crippen LogP contribution in [0.25, 0.3) is 16.6 Å². The third-order valence-corrected chi connectivity index (χ3v) is 7.65. The first kappa shape index (κ1) is 26.1. The number of amides is 1. The minimum absolute atomic E-state index is 0.0403. The van der Waals surface area contributed by atoms with Gasteiger partial charge < -0.3 is 20.7 Å². The fourth-order valence-electron chi connectivity index (χ4n) is 5.50. The van der Waals surface area contributed by atoms with Gasteiger partial charge in [-0.15, -0.1) is 0 Å². The number of anilines is 2. The van der Waals surface area contributed by atoms with Crippen molar-refractivity contribution in [3.05, 3.63) is 76.3 Å². The summed E-state index contributed by atoms with van der Waals surface area (Å²) in [7, 11) is 0. The zero-order chi connectivity index (χ0) is 28.0. The van der Waals surface area contributed by atoms with Crippen LogP contribution in [0.15, 0.2) is 53.5 Å². The molecule has 0 radical (unpaired) electrons. The molecule has 0 bridgehead atoms. The second-order valence-electron chi connectivity index (χ2n) is 10.4. The molecular formula is C28H29F2N7O3. The van der Waals surface area contributed by atoms with E-state index in [9.17, 15) is 18.4 Å². The molecule has 0 aliphatic carbocycles. The molecule has 0 unspecified atom stereocenters. The number of hydrogen-bond donors (Lipinski definition) is 2. The van der Waals surface area contributed by atoms with Crippen molar-refractivity contribution in [1.82, 2.24) is 19.6 Å². The van der Waals surface area contributed by atoms with E-state index in [1.807, 2.05) is 10.7 Å². The summed E-state index contributed by atoms with van der Waals surface area (Å²) in [5.41, 5.74) is 6.95. The Balaban J connectivity index is 1.39. The van der Waals surface area contributed by atoms with Crippen molar-refractivity contribution in [2.24, 2.45) is 11.7 Å². The van der Waals surface area contributed by atoms with E-state index in [0.717, 1.165) is 54.2 Å². The average molecular weight is 550 g/mol. The van der Waals surface area contributed by atoms with E-state index in [0.29, 0.717) is 30.1 Å². The van der Waals surface area contributed by atoms with Crippen LogP contribution in [-0.4, -0.2) is 57.8 Å². The highest BCUT2D eigenvalue weighted by molar-refractivity contribution is 6.09. The lowest BCUT2D eigenvalue weighted by Gasteiger charge is -2.25. The van der Waals surface area contributed by atoms with E-state index in [-0.39, 0.29) is 23.7 Å². The third-order valence-electron chi connectivity index (χ3n) is 7.65. The second kappa shape index (κ2) is 10.4. The van der Waals surface area contributed by atoms with Crippen molar-refractivity contribution in [1.29, 1.82) is 0 Å². The summed E-state index contributed by atoms with van der Waals surface area (Å²) >= 11 is 0. The van der Waals surface area contributed by atoms with Gasteiger partial charge in [-0.2, -0.15) is 14.9 Å². The van der Waals surface area contributed by atoms with Gasteiger partial charge in [0, 0.05) is 37.2 Å². The normalized spacial score (nSPS) is 21.2. The molecule has 3 atom stereocenters. The number of nitrogens with one attached hydrogen (secondary N) is 1. The van der Waals surface area contributed by atoms with Gasteiger partial charge in [-0.1, -0.05) is 13.0 Å². The summed E-state index contributed by atoms with van der Waals surface area (Å²) in [6, 6.07) is 9.27. The second-order valence-corrected chi connectivity index (χ2v) is 10.4. The van der Waals surface area contributed by atoms with Gasteiger partial charge in [-0.3, -0.25) is 14.3 Å². The van der Waals surface area contributed by atoms with Crippen molar-refractivity contribution >= 4 is 28.2 Å². The first-order valence-corrected chi connectivity index (χ1v) is 13.3. The monoisotopic (exact) mass is 549 g/mol. The van der Waals surface area contributed by atoms with Crippen LogP contribution in [0.5, 0.6) is 0 Å². The number of fused-ring (bicyclic) bond motifs is 1. The molecule has 2 saturated heterocycles. The molecule has 0 spiro atoms. The van der Waals surface area contributed by atoms with Crippen LogP contribution >= 0.6 is 0 Å². The number of nitrogens with zero attached hydrogens (tertiary/aromatic N) is 5. The number of nitrogens with two attached hydrogens (primary N) is 1. The highest BCUT2D eigenvalue weighted by atomic mass is 19.1. The van der Waals surface area contributed by atoms with E-state index < -0.39 is 28.8 Å². The number of hydrogen-bond acceptors (Lipinski definition) is 7. The number of halogens is 2. The quantitative estimate of drug-likeness (QED) is 0.392. The molecule has 2 fully saturated rings. The standard InChI is InChI=1S/C28H29F2N7O3/c1-16-13-35(14-21(16)31)26-18-12-32-36(17-4-3-11-40-15-17)24(18)9-7-22(26)33-28(39)23-8-10-25(38)37(34-23)27-19(29)5-2-6-20(27)30/h2,5-10,12,16-17,21H,3-4,11,13-15,31H2,1H3,(H,33,39)/t16-,17-,21+/m1/s1. The van der Waals surface area contributed by atoms with Gasteiger partial charge >= 0.3 is 0 Å². The number of para-hydroxylation sites is 1. The number of carbonyl (C=O) groups excluding carboxylic acids is 1. The maximum atomic E-state index is 14.4. The Bertz CT molecular complexity index is 1620. The topological polar surface area (TPSA) is 120 Å². The summed E-state index contributed by atoms with van der Waals surface area (Å²) in [5.74, 6) is -2.35. The van der Waals surface area contributed by atoms with E-state index in [2.05, 4.69) is 27.3 Å². The molecule has 4 heterocycles. The van der Waals surface area contributed by atoms with Gasteiger partial charge in [0.2, 0.25) is 0 Å². The summed E-state index contributed by atoms with van der Waals surface area (Å²) < 4.78 is 37.0. The molecule has 2 aliphatic rings. The number of benzene rings is 2. The summed E-state index contributed by atoms with van der Waals surface area (Å²) in [6.45, 7) is 4.69. The highest BCUT2D eigenvalue weighted by Gasteiger charge is 2.31. The zero-order valence-electron chi connectivity index (χ0n) is 21.9. The molecule has 10 nitrogen and oxygen atoms in total. The van der Waals surface area contributed by atoms with Gasteiger partial charge in [-0.05, 0) is 49.1 Å². The van der Waals surface area contributed by atoms with Gasteiger partial charge in [0.25, 0.3) is 11.5 Å². The predicted molar refractivity (Wildman–Crippen MR) is 146 cm³/mol. The van der Waals surface area contributed by atoms with Crippen LogP contribution < -0.4 is 21.5 Å². The lowest BCUT2D eigenvalue weighted by Crippen LogP contribution is -2.29. The minimum atomic E-state index is -0.972. The average Bonchev–Trinajstić information content (AvgIpc) is 3.52. The van der Waals surface area contributed by atoms with Crippen molar-refractivity contribution < 1.29 is 18.3 Å². The van der Waals surface area contributed by atoms with Crippen LogP contribution in [0.2, 0.25) is 0 Å². The first-order chi connectivity index (χ1) is 19.3. The molecule has 1 amide bonds. The zero-order valence-corrected chi connectivity index (χ0v) is 21.9. The highest BCUT2D eigenvalue weighted by Crippen LogP contribution is 2.39. The molecule has 3 N–H and O–H groups in total. The van der Waals surface area contributed by atoms with Gasteiger partial charge in [0.15, 0.2) is 11.6 Å². The SMILES string of the molecule is C[C@@H]1CN(c2c(NC(=O)c3ccc(=O)n(-c4c(F)cccc4F)n3)ccc3c2cnn3[C@@H]2CCCOC2)C[C@@H]1N. The minimum Gasteiger partial charge on any atom is -0.379 e. The Labute approximate surface area is 228 Å². The van der Waals surface area contributed by atoms with Crippen LogP contribution in [0.3, 0.4) is 0 Å². The summed E-state index contributed by atoms with van der Waals surface area (Å²) in [6.07, 6.45) is 3.71. The predicted octanol–water partition coefficient (Wildman–Crippen LogP) is 3.25. The molecule has 2 aliphatic heterocycles. The maximum Gasteiger partial charge on any atom is 0.276 e. The molecule has 208 valence electrons. The lowest BCUT2D eigenvalue weighted by molar-refractivity contribution is 0.0565. The molecular weight excluding hydrogens is 520 g/mol. The summed E-state index contributed by atoms with van der Waals surface area (Å²) in [4.78, 5) is 28.0. The maximum absolute atomic E-state index is 14.4. The smallest absolute Gasteiger partial charge is 0.276 e. The Morgan fingerprint density at radius 1 is 1.10 bits per heavy atom. The number of carbonyl (C=O) groups is 1. The van der Waals surface area contributed by atoms with Gasteiger partial charge in [0.05, 0.1) is 35.7 Å². The fourth-order valence-corrected chi connectivity index (χ4v) is 5.50. The van der Waals surface area contributed by atoms with Crippen LogP contribution in [-0.2, 0) is 4.74 Å². The van der Waals surface area contributed by atoms with Crippen molar-refractivity contribution in [3.63, 3.8) is 0 Å². The number of ether oxygens (including phenoxy) is 1. The van der Waals surface area contributed by atoms with Crippen LogP contribution in [0.4, 0.5) is 20.2 Å². The number of rotatable bonds is 5. The van der Waals surface area contributed by atoms with Crippen LogP contribution in [0.1, 0.15) is 36.3 Å². The summed E-state index contributed by atoms with van der Waals surface area (Å²) in [5, 5.41) is 12.4. The Morgan fingerprint density at radius 3 is 2.60 bits per heavy atom. The Hall–Kier alpha value is -4.16. The molecule has 40 heavy (non-hydrogen) atoms. The third kappa shape index (κ3) is 4.62. The van der Waals surface area contributed by atoms with Gasteiger partial charge in [-0.25, -0.2) is 8.78 Å². The van der Waals surface area contributed by atoms with Crippen molar-refractivity contribution in [3.8, 4) is 5.69 Å². The van der Waals surface area contributed by atoms with E-state index in [1.54, 1.807) is 12.3 Å². The Kier molecular flexibility index (Phi) is 6.80. The number of aromatic nitrogens is 4. The Morgan fingerprint density at radius 2 is 1.90 bits per heavy atom. The fraction of sp³-hybridized carbons (Fsp3) is 0.357. The van der Waals surface area contributed by atoms with E-state index >= 15 is 0 Å². The van der Waals surface area contributed by atoms with E-state index in [4.69, 9.17) is 10.5 Å². The lowest BCUT2D eigenvalue weighted by atomic mass is 10.1.